The Balaban J connectivity index is 1.95. The molecule has 0 aliphatic rings. The Kier molecular flexibility index (Phi) is 5.54. The van der Waals surface area contributed by atoms with E-state index in [0.29, 0.717) is 17.9 Å². The molecule has 0 unspecified atom stereocenters. The number of nitrogens with zero attached hydrogens (tertiary/aromatic N) is 1. The predicted octanol–water partition coefficient (Wildman–Crippen LogP) is 2.48. The third-order valence-electron chi connectivity index (χ3n) is 2.93. The summed E-state index contributed by atoms with van der Waals surface area (Å²) < 4.78 is 5.28. The number of carbonyl (C=O) groups excluding carboxylic acids is 1. The molecular formula is C17H18N2O3. The number of benzene rings is 2. The molecule has 1 amide bonds. The summed E-state index contributed by atoms with van der Waals surface area (Å²) in [4.78, 5) is 11.7. The Labute approximate surface area is 129 Å². The minimum atomic E-state index is -0.220. The zero-order valence-corrected chi connectivity index (χ0v) is 12.3. The average molecular weight is 298 g/mol. The van der Waals surface area contributed by atoms with Crippen LogP contribution < -0.4 is 10.2 Å². The number of hydrogen-bond acceptors (Lipinski definition) is 4. The van der Waals surface area contributed by atoms with Gasteiger partial charge in [-0.3, -0.25) is 4.79 Å². The van der Waals surface area contributed by atoms with Gasteiger partial charge in [0.15, 0.2) is 11.5 Å². The molecule has 0 saturated heterocycles. The highest BCUT2D eigenvalue weighted by Crippen LogP contribution is 2.28. The van der Waals surface area contributed by atoms with Crippen LogP contribution in [0.15, 0.2) is 53.6 Å². The molecule has 5 heteroatoms. The number of hydrazone groups is 1. The minimum absolute atomic E-state index is 0.00501. The van der Waals surface area contributed by atoms with Gasteiger partial charge in [0.1, 0.15) is 0 Å². The van der Waals surface area contributed by atoms with Crippen molar-refractivity contribution < 1.29 is 14.6 Å². The van der Waals surface area contributed by atoms with Crippen LogP contribution in [0.5, 0.6) is 11.5 Å². The lowest BCUT2D eigenvalue weighted by atomic mass is 10.1. The number of para-hydroxylation sites is 1. The summed E-state index contributed by atoms with van der Waals surface area (Å²) in [6, 6.07) is 14.5. The van der Waals surface area contributed by atoms with Crippen molar-refractivity contribution in [1.82, 2.24) is 5.43 Å². The van der Waals surface area contributed by atoms with Gasteiger partial charge in [0.25, 0.3) is 0 Å². The Morgan fingerprint density at radius 2 is 2.00 bits per heavy atom. The highest BCUT2D eigenvalue weighted by molar-refractivity contribution is 5.86. The molecule has 0 aromatic heterocycles. The van der Waals surface area contributed by atoms with Crippen LogP contribution in [0.2, 0.25) is 0 Å². The average Bonchev–Trinajstić information content (AvgIpc) is 2.52. The molecule has 2 N–H and O–H groups in total. The second-order valence-corrected chi connectivity index (χ2v) is 4.58. The predicted molar refractivity (Wildman–Crippen MR) is 85.2 cm³/mol. The maximum atomic E-state index is 11.7. The van der Waals surface area contributed by atoms with Crippen LogP contribution >= 0.6 is 0 Å². The Morgan fingerprint density at radius 1 is 1.23 bits per heavy atom. The smallest absolute Gasteiger partial charge is 0.244 e. The Hall–Kier alpha value is -2.82. The van der Waals surface area contributed by atoms with Gasteiger partial charge in [0.05, 0.1) is 19.2 Å². The van der Waals surface area contributed by atoms with Crippen LogP contribution in [-0.2, 0) is 11.2 Å². The quantitative estimate of drug-likeness (QED) is 0.636. The van der Waals surface area contributed by atoms with E-state index < -0.39 is 0 Å². The lowest BCUT2D eigenvalue weighted by Crippen LogP contribution is -2.19. The van der Waals surface area contributed by atoms with Gasteiger partial charge in [-0.1, -0.05) is 36.4 Å². The summed E-state index contributed by atoms with van der Waals surface area (Å²) in [6.07, 6.45) is 1.64. The van der Waals surface area contributed by atoms with E-state index in [-0.39, 0.29) is 18.1 Å². The molecule has 0 saturated carbocycles. The number of phenolic OH excluding ortho intramolecular Hbond substituents is 1. The molecule has 2 aromatic carbocycles. The first kappa shape index (κ1) is 15.6. The highest BCUT2D eigenvalue weighted by Gasteiger charge is 2.06. The fourth-order valence-electron chi connectivity index (χ4n) is 1.91. The van der Waals surface area contributed by atoms with Crippen molar-refractivity contribution in [2.24, 2.45) is 5.10 Å². The minimum Gasteiger partial charge on any atom is -0.504 e. The van der Waals surface area contributed by atoms with E-state index >= 15 is 0 Å². The molecule has 0 radical (unpaired) electrons. The second-order valence-electron chi connectivity index (χ2n) is 4.58. The molecule has 0 fully saturated rings. The molecule has 2 rings (SSSR count). The molecule has 0 bridgehead atoms. The third kappa shape index (κ3) is 4.34. The Bertz CT molecular complexity index is 654. The first-order valence-electron chi connectivity index (χ1n) is 7.01. The summed E-state index contributed by atoms with van der Waals surface area (Å²) >= 11 is 0. The van der Waals surface area contributed by atoms with E-state index in [4.69, 9.17) is 4.74 Å². The van der Waals surface area contributed by atoms with E-state index in [1.54, 1.807) is 18.2 Å². The van der Waals surface area contributed by atoms with Crippen molar-refractivity contribution >= 4 is 12.1 Å². The first-order valence-corrected chi connectivity index (χ1v) is 7.01. The summed E-state index contributed by atoms with van der Waals surface area (Å²) in [5.41, 5.74) is 3.83. The van der Waals surface area contributed by atoms with Crippen molar-refractivity contribution in [2.75, 3.05) is 6.61 Å². The van der Waals surface area contributed by atoms with Gasteiger partial charge in [0, 0.05) is 5.56 Å². The zero-order chi connectivity index (χ0) is 15.8. The van der Waals surface area contributed by atoms with Crippen LogP contribution in [0.1, 0.15) is 18.1 Å². The second kappa shape index (κ2) is 7.83. The van der Waals surface area contributed by atoms with Crippen molar-refractivity contribution in [2.45, 2.75) is 13.3 Å². The summed E-state index contributed by atoms with van der Waals surface area (Å²) in [5.74, 6) is 0.176. The van der Waals surface area contributed by atoms with Gasteiger partial charge in [-0.2, -0.15) is 5.10 Å². The van der Waals surface area contributed by atoms with Crippen LogP contribution in [0.25, 0.3) is 0 Å². The topological polar surface area (TPSA) is 70.9 Å². The molecule has 0 spiro atoms. The van der Waals surface area contributed by atoms with Gasteiger partial charge in [0.2, 0.25) is 5.91 Å². The van der Waals surface area contributed by atoms with E-state index in [9.17, 15) is 9.90 Å². The molecule has 114 valence electrons. The maximum absolute atomic E-state index is 11.7. The summed E-state index contributed by atoms with van der Waals surface area (Å²) in [7, 11) is 0. The molecule has 0 heterocycles. The maximum Gasteiger partial charge on any atom is 0.244 e. The van der Waals surface area contributed by atoms with Crippen LogP contribution in [0.3, 0.4) is 0 Å². The Morgan fingerprint density at radius 3 is 2.73 bits per heavy atom. The lowest BCUT2D eigenvalue weighted by Gasteiger charge is -2.07. The number of hydrogen-bond donors (Lipinski definition) is 2. The zero-order valence-electron chi connectivity index (χ0n) is 12.3. The van der Waals surface area contributed by atoms with Crippen LogP contribution in [0, 0.1) is 0 Å². The number of phenols is 1. The fourth-order valence-corrected chi connectivity index (χ4v) is 1.91. The fraction of sp³-hybridized carbons (Fsp3) is 0.176. The number of carbonyl (C=O) groups is 1. The molecule has 5 nitrogen and oxygen atoms in total. The number of rotatable bonds is 6. The van der Waals surface area contributed by atoms with E-state index in [1.165, 1.54) is 6.21 Å². The highest BCUT2D eigenvalue weighted by atomic mass is 16.5. The molecule has 0 aliphatic carbocycles. The van der Waals surface area contributed by atoms with E-state index in [1.807, 2.05) is 37.3 Å². The van der Waals surface area contributed by atoms with Crippen molar-refractivity contribution in [3.8, 4) is 11.5 Å². The first-order chi connectivity index (χ1) is 10.7. The monoisotopic (exact) mass is 298 g/mol. The summed E-state index contributed by atoms with van der Waals surface area (Å²) in [5, 5.41) is 13.9. The molecule has 22 heavy (non-hydrogen) atoms. The van der Waals surface area contributed by atoms with E-state index in [2.05, 4.69) is 10.5 Å². The molecule has 0 atom stereocenters. The van der Waals surface area contributed by atoms with Gasteiger partial charge in [-0.15, -0.1) is 0 Å². The third-order valence-corrected chi connectivity index (χ3v) is 2.93. The van der Waals surface area contributed by atoms with E-state index in [0.717, 1.165) is 5.56 Å². The van der Waals surface area contributed by atoms with Gasteiger partial charge in [-0.05, 0) is 24.6 Å². The van der Waals surface area contributed by atoms with Crippen molar-refractivity contribution in [1.29, 1.82) is 0 Å². The standard InChI is InChI=1S/C17H18N2O3/c1-2-22-15-10-6-9-14(17(15)21)12-18-19-16(20)11-13-7-4-3-5-8-13/h3-10,12,21H,2,11H2,1H3,(H,19,20)/b18-12-. The number of ether oxygens (including phenoxy) is 1. The van der Waals surface area contributed by atoms with Crippen molar-refractivity contribution in [3.63, 3.8) is 0 Å². The number of amides is 1. The van der Waals surface area contributed by atoms with Crippen molar-refractivity contribution in [3.05, 3.63) is 59.7 Å². The number of nitrogens with one attached hydrogen (secondary N) is 1. The largest absolute Gasteiger partial charge is 0.504 e. The lowest BCUT2D eigenvalue weighted by molar-refractivity contribution is -0.120. The van der Waals surface area contributed by atoms with Gasteiger partial charge in [-0.25, -0.2) is 5.43 Å². The van der Waals surface area contributed by atoms with Crippen LogP contribution in [-0.4, -0.2) is 23.8 Å². The molecule has 0 aliphatic heterocycles. The SMILES string of the molecule is CCOc1cccc(/C=N\NC(=O)Cc2ccccc2)c1O. The normalized spacial score (nSPS) is 10.6. The number of aromatic hydroxyl groups is 1. The van der Waals surface area contributed by atoms with Crippen LogP contribution in [0.4, 0.5) is 0 Å². The van der Waals surface area contributed by atoms with Gasteiger partial charge >= 0.3 is 0 Å². The molecule has 2 aromatic rings. The molecular weight excluding hydrogens is 280 g/mol. The summed E-state index contributed by atoms with van der Waals surface area (Å²) in [6.45, 7) is 2.30. The van der Waals surface area contributed by atoms with Gasteiger partial charge < -0.3 is 9.84 Å².